The van der Waals surface area contributed by atoms with Crippen molar-refractivity contribution in [2.24, 2.45) is 17.8 Å². The van der Waals surface area contributed by atoms with Gasteiger partial charge in [0.1, 0.15) is 6.10 Å². The highest BCUT2D eigenvalue weighted by Crippen LogP contribution is 2.23. The van der Waals surface area contributed by atoms with Crippen molar-refractivity contribution in [3.05, 3.63) is 36.0 Å². The van der Waals surface area contributed by atoms with E-state index in [4.69, 9.17) is 9.47 Å². The smallest absolute Gasteiger partial charge is 0.409 e. The average molecular weight is 448 g/mol. The van der Waals surface area contributed by atoms with E-state index in [2.05, 4.69) is 19.1 Å². The quantitative estimate of drug-likeness (QED) is 0.363. The molecular weight excluding hydrogens is 406 g/mol. The van der Waals surface area contributed by atoms with Gasteiger partial charge in [0.05, 0.1) is 19.1 Å². The minimum Gasteiger partial charge on any atom is -0.457 e. The summed E-state index contributed by atoms with van der Waals surface area (Å²) in [6, 6.07) is 0. The molecule has 5 atom stereocenters. The number of carbonyl (C=O) groups excluding carboxylic acids is 2. The molecule has 1 saturated heterocycles. The molecule has 0 unspecified atom stereocenters. The Labute approximate surface area is 193 Å². The summed E-state index contributed by atoms with van der Waals surface area (Å²) >= 11 is 0. The molecule has 2 aliphatic rings. The Morgan fingerprint density at radius 2 is 2.03 bits per heavy atom. The summed E-state index contributed by atoms with van der Waals surface area (Å²) in [6.07, 6.45) is 13.5. The molecule has 1 fully saturated rings. The van der Waals surface area contributed by atoms with E-state index >= 15 is 0 Å². The summed E-state index contributed by atoms with van der Waals surface area (Å²) in [6.45, 7) is 10.1. The predicted octanol–water partition coefficient (Wildman–Crippen LogP) is 5.03. The number of esters is 1. The SMILES string of the molecule is C/C(=C\C=C\[C@@H](C)COC(=O)N1CCCC1)[C@H]1OC(=O)C[C@H](O)CC[C@H](C)C/C=C/[C@@H]1C. The van der Waals surface area contributed by atoms with Crippen LogP contribution in [0.5, 0.6) is 0 Å². The van der Waals surface area contributed by atoms with E-state index in [1.807, 2.05) is 39.0 Å². The number of cyclic esters (lactones) is 1. The highest BCUT2D eigenvalue weighted by Gasteiger charge is 2.24. The molecule has 6 heteroatoms. The van der Waals surface area contributed by atoms with Gasteiger partial charge < -0.3 is 19.5 Å². The van der Waals surface area contributed by atoms with Crippen LogP contribution in [0.4, 0.5) is 4.79 Å². The molecule has 2 heterocycles. The molecule has 0 spiro atoms. The van der Waals surface area contributed by atoms with Gasteiger partial charge in [-0.3, -0.25) is 4.79 Å². The summed E-state index contributed by atoms with van der Waals surface area (Å²) in [5.41, 5.74) is 0.938. The zero-order chi connectivity index (χ0) is 23.5. The van der Waals surface area contributed by atoms with E-state index in [0.717, 1.165) is 44.3 Å². The summed E-state index contributed by atoms with van der Waals surface area (Å²) < 4.78 is 11.2. The number of hydrogen-bond acceptors (Lipinski definition) is 5. The van der Waals surface area contributed by atoms with Crippen LogP contribution in [0, 0.1) is 17.8 Å². The first-order chi connectivity index (χ1) is 15.3. The molecule has 180 valence electrons. The van der Waals surface area contributed by atoms with Gasteiger partial charge in [0.25, 0.3) is 0 Å². The lowest BCUT2D eigenvalue weighted by Gasteiger charge is -2.25. The molecule has 6 nitrogen and oxygen atoms in total. The van der Waals surface area contributed by atoms with Gasteiger partial charge in [-0.05, 0) is 50.5 Å². The van der Waals surface area contributed by atoms with E-state index in [9.17, 15) is 14.7 Å². The first-order valence-electron chi connectivity index (χ1n) is 12.1. The summed E-state index contributed by atoms with van der Waals surface area (Å²) in [7, 11) is 0. The summed E-state index contributed by atoms with van der Waals surface area (Å²) in [5.74, 6) is 0.224. The topological polar surface area (TPSA) is 76.1 Å². The van der Waals surface area contributed by atoms with Gasteiger partial charge in [0, 0.05) is 24.9 Å². The highest BCUT2D eigenvalue weighted by molar-refractivity contribution is 5.70. The van der Waals surface area contributed by atoms with E-state index in [0.29, 0.717) is 18.9 Å². The Morgan fingerprint density at radius 3 is 2.75 bits per heavy atom. The fraction of sp³-hybridized carbons (Fsp3) is 0.692. The predicted molar refractivity (Wildman–Crippen MR) is 126 cm³/mol. The Morgan fingerprint density at radius 1 is 1.31 bits per heavy atom. The van der Waals surface area contributed by atoms with Crippen molar-refractivity contribution >= 4 is 12.1 Å². The first-order valence-corrected chi connectivity index (χ1v) is 12.1. The Hall–Kier alpha value is -2.08. The second-order valence-electron chi connectivity index (χ2n) is 9.52. The lowest BCUT2D eigenvalue weighted by molar-refractivity contribution is -0.151. The number of nitrogens with zero attached hydrogens (tertiary/aromatic N) is 1. The molecule has 0 radical (unpaired) electrons. The lowest BCUT2D eigenvalue weighted by atomic mass is 9.93. The van der Waals surface area contributed by atoms with Gasteiger partial charge in [-0.2, -0.15) is 0 Å². The van der Waals surface area contributed by atoms with Crippen molar-refractivity contribution < 1.29 is 24.2 Å². The van der Waals surface area contributed by atoms with Crippen LogP contribution >= 0.6 is 0 Å². The number of aliphatic hydroxyl groups excluding tert-OH is 1. The minimum atomic E-state index is -0.655. The van der Waals surface area contributed by atoms with E-state index in [-0.39, 0.29) is 36.4 Å². The molecular formula is C26H41NO5. The summed E-state index contributed by atoms with van der Waals surface area (Å²) in [5, 5.41) is 10.1. The number of likely N-dealkylation sites (tertiary alicyclic amines) is 1. The molecule has 1 amide bonds. The third-order valence-corrected chi connectivity index (χ3v) is 6.19. The molecule has 0 bridgehead atoms. The molecule has 0 aromatic rings. The van der Waals surface area contributed by atoms with Crippen molar-refractivity contribution in [2.75, 3.05) is 19.7 Å². The Bertz CT molecular complexity index is 692. The van der Waals surface area contributed by atoms with Crippen molar-refractivity contribution in [2.45, 2.75) is 78.4 Å². The van der Waals surface area contributed by atoms with Crippen LogP contribution < -0.4 is 0 Å². The van der Waals surface area contributed by atoms with Crippen molar-refractivity contribution in [3.8, 4) is 0 Å². The molecule has 1 N–H and O–H groups in total. The number of aliphatic hydroxyl groups is 1. The normalized spacial score (nSPS) is 30.3. The number of carbonyl (C=O) groups is 2. The van der Waals surface area contributed by atoms with Crippen LogP contribution in [0.3, 0.4) is 0 Å². The molecule has 0 saturated carbocycles. The Kier molecular flexibility index (Phi) is 11.0. The van der Waals surface area contributed by atoms with Crippen LogP contribution in [0.2, 0.25) is 0 Å². The molecule has 0 aliphatic carbocycles. The zero-order valence-electron chi connectivity index (χ0n) is 20.2. The van der Waals surface area contributed by atoms with E-state index in [1.54, 1.807) is 4.90 Å². The second-order valence-corrected chi connectivity index (χ2v) is 9.52. The van der Waals surface area contributed by atoms with Crippen molar-refractivity contribution in [3.63, 3.8) is 0 Å². The second kappa shape index (κ2) is 13.5. The van der Waals surface area contributed by atoms with Crippen molar-refractivity contribution in [1.29, 1.82) is 0 Å². The average Bonchev–Trinajstić information content (AvgIpc) is 3.28. The largest absolute Gasteiger partial charge is 0.457 e. The number of ether oxygens (including phenoxy) is 2. The lowest BCUT2D eigenvalue weighted by Crippen LogP contribution is -2.29. The number of rotatable bonds is 5. The molecule has 0 aromatic heterocycles. The maximum atomic E-state index is 12.4. The highest BCUT2D eigenvalue weighted by atomic mass is 16.6. The summed E-state index contributed by atoms with van der Waals surface area (Å²) in [4.78, 5) is 26.1. The van der Waals surface area contributed by atoms with Gasteiger partial charge in [-0.25, -0.2) is 4.79 Å². The van der Waals surface area contributed by atoms with Gasteiger partial charge in [-0.15, -0.1) is 0 Å². The maximum absolute atomic E-state index is 12.4. The van der Waals surface area contributed by atoms with Gasteiger partial charge in [-0.1, -0.05) is 51.2 Å². The zero-order valence-corrected chi connectivity index (χ0v) is 20.2. The van der Waals surface area contributed by atoms with E-state index in [1.165, 1.54) is 0 Å². The van der Waals surface area contributed by atoms with Crippen LogP contribution in [0.1, 0.15) is 66.2 Å². The molecule has 2 rings (SSSR count). The van der Waals surface area contributed by atoms with Crippen LogP contribution in [0.25, 0.3) is 0 Å². The fourth-order valence-electron chi connectivity index (χ4n) is 4.06. The third-order valence-electron chi connectivity index (χ3n) is 6.19. The van der Waals surface area contributed by atoms with Gasteiger partial charge >= 0.3 is 12.1 Å². The van der Waals surface area contributed by atoms with Gasteiger partial charge in [0.15, 0.2) is 0 Å². The standard InChI is InChI=1S/C26H41NO5/c1-19-9-7-11-21(3)25(32-24(29)17-23(28)14-13-19)22(4)12-8-10-20(2)18-31-26(30)27-15-5-6-16-27/h7-8,10-12,19-21,23,25,28H,5-6,9,13-18H2,1-4H3/b10-8+,11-7+,22-12+/t19-,20-,21+,23-,25+/m1/s1. The number of allylic oxidation sites excluding steroid dienone is 3. The first kappa shape index (κ1) is 26.2. The number of hydrogen-bond donors (Lipinski definition) is 1. The fourth-order valence-corrected chi connectivity index (χ4v) is 4.06. The van der Waals surface area contributed by atoms with Crippen LogP contribution in [-0.4, -0.2) is 54.0 Å². The molecule has 32 heavy (non-hydrogen) atoms. The van der Waals surface area contributed by atoms with Gasteiger partial charge in [0.2, 0.25) is 0 Å². The number of amides is 1. The molecule has 0 aromatic carbocycles. The van der Waals surface area contributed by atoms with Crippen LogP contribution in [-0.2, 0) is 14.3 Å². The van der Waals surface area contributed by atoms with E-state index < -0.39 is 6.10 Å². The van der Waals surface area contributed by atoms with Crippen molar-refractivity contribution in [1.82, 2.24) is 4.90 Å². The molecule has 2 aliphatic heterocycles. The minimum absolute atomic E-state index is 0.0300. The third kappa shape index (κ3) is 9.19. The Balaban J connectivity index is 1.96. The van der Waals surface area contributed by atoms with Crippen LogP contribution in [0.15, 0.2) is 36.0 Å². The monoisotopic (exact) mass is 447 g/mol. The maximum Gasteiger partial charge on any atom is 0.409 e.